The fourth-order valence-electron chi connectivity index (χ4n) is 2.11. The SMILES string of the molecule is N=C(N)c1ccc(Sc2ccc3ccccc3c2)c(Cl)c1. The molecule has 0 aliphatic heterocycles. The van der Waals surface area contributed by atoms with Crippen LogP contribution in [0.2, 0.25) is 5.02 Å². The molecule has 0 spiro atoms. The summed E-state index contributed by atoms with van der Waals surface area (Å²) in [5.74, 6) is 0.0270. The maximum atomic E-state index is 7.43. The summed E-state index contributed by atoms with van der Waals surface area (Å²) in [4.78, 5) is 2.09. The molecule has 0 aliphatic rings. The van der Waals surface area contributed by atoms with Crippen LogP contribution in [0.4, 0.5) is 0 Å². The van der Waals surface area contributed by atoms with Gasteiger partial charge in [0.15, 0.2) is 0 Å². The number of nitrogen functional groups attached to an aromatic ring is 1. The first-order valence-corrected chi connectivity index (χ1v) is 7.63. The summed E-state index contributed by atoms with van der Waals surface area (Å²) >= 11 is 7.87. The average molecular weight is 313 g/mol. The van der Waals surface area contributed by atoms with E-state index in [2.05, 4.69) is 30.3 Å². The Morgan fingerprint density at radius 2 is 1.71 bits per heavy atom. The molecule has 0 aliphatic carbocycles. The van der Waals surface area contributed by atoms with Crippen LogP contribution in [0.15, 0.2) is 70.5 Å². The van der Waals surface area contributed by atoms with Crippen molar-refractivity contribution < 1.29 is 0 Å². The lowest BCUT2D eigenvalue weighted by atomic mass is 10.1. The van der Waals surface area contributed by atoms with Crippen LogP contribution in [-0.2, 0) is 0 Å². The molecule has 0 atom stereocenters. The van der Waals surface area contributed by atoms with Crippen LogP contribution < -0.4 is 5.73 Å². The molecule has 3 rings (SSSR count). The zero-order chi connectivity index (χ0) is 14.8. The van der Waals surface area contributed by atoms with Crippen LogP contribution in [0.25, 0.3) is 10.8 Å². The van der Waals surface area contributed by atoms with Gasteiger partial charge in [-0.05, 0) is 35.0 Å². The Morgan fingerprint density at radius 1 is 0.952 bits per heavy atom. The van der Waals surface area contributed by atoms with Crippen LogP contribution in [0.3, 0.4) is 0 Å². The van der Waals surface area contributed by atoms with E-state index in [0.29, 0.717) is 10.6 Å². The van der Waals surface area contributed by atoms with Crippen LogP contribution in [0.5, 0.6) is 0 Å². The van der Waals surface area contributed by atoms with Gasteiger partial charge in [0.25, 0.3) is 0 Å². The molecule has 0 aromatic heterocycles. The molecule has 4 heteroatoms. The maximum Gasteiger partial charge on any atom is 0.122 e. The normalized spacial score (nSPS) is 10.7. The van der Waals surface area contributed by atoms with E-state index >= 15 is 0 Å². The lowest BCUT2D eigenvalue weighted by Crippen LogP contribution is -2.10. The molecule has 0 radical (unpaired) electrons. The molecule has 104 valence electrons. The van der Waals surface area contributed by atoms with Crippen molar-refractivity contribution in [2.75, 3.05) is 0 Å². The lowest BCUT2D eigenvalue weighted by molar-refractivity contribution is 1.38. The molecule has 3 aromatic rings. The van der Waals surface area contributed by atoms with Gasteiger partial charge in [0.05, 0.1) is 5.02 Å². The van der Waals surface area contributed by atoms with Gasteiger partial charge in [-0.3, -0.25) is 5.41 Å². The maximum absolute atomic E-state index is 7.43. The summed E-state index contributed by atoms with van der Waals surface area (Å²) in [6, 6.07) is 20.0. The van der Waals surface area contributed by atoms with Crippen molar-refractivity contribution in [3.05, 3.63) is 71.2 Å². The summed E-state index contributed by atoms with van der Waals surface area (Å²) in [5.41, 5.74) is 6.11. The third kappa shape index (κ3) is 3.04. The minimum Gasteiger partial charge on any atom is -0.384 e. The highest BCUT2D eigenvalue weighted by molar-refractivity contribution is 7.99. The zero-order valence-electron chi connectivity index (χ0n) is 11.1. The molecule has 0 unspecified atom stereocenters. The molecular weight excluding hydrogens is 300 g/mol. The summed E-state index contributed by atoms with van der Waals surface area (Å²) < 4.78 is 0. The Kier molecular flexibility index (Phi) is 3.86. The van der Waals surface area contributed by atoms with E-state index in [1.165, 1.54) is 10.8 Å². The molecular formula is C17H13ClN2S. The molecule has 0 heterocycles. The highest BCUT2D eigenvalue weighted by Crippen LogP contribution is 2.35. The number of fused-ring (bicyclic) bond motifs is 1. The third-order valence-electron chi connectivity index (χ3n) is 3.19. The third-order valence-corrected chi connectivity index (χ3v) is 4.68. The van der Waals surface area contributed by atoms with Gasteiger partial charge in [-0.25, -0.2) is 0 Å². The summed E-state index contributed by atoms with van der Waals surface area (Å²) in [6.45, 7) is 0. The quantitative estimate of drug-likeness (QED) is 0.532. The predicted molar refractivity (Wildman–Crippen MR) is 90.5 cm³/mol. The van der Waals surface area contributed by atoms with Gasteiger partial charge in [0.2, 0.25) is 0 Å². The second-order valence-electron chi connectivity index (χ2n) is 4.67. The van der Waals surface area contributed by atoms with Gasteiger partial charge in [-0.15, -0.1) is 0 Å². The minimum atomic E-state index is 0.0270. The van der Waals surface area contributed by atoms with Crippen LogP contribution in [0.1, 0.15) is 5.56 Å². The number of rotatable bonds is 3. The fraction of sp³-hybridized carbons (Fsp3) is 0. The van der Waals surface area contributed by atoms with Gasteiger partial charge in [0, 0.05) is 15.4 Å². The number of hydrogen-bond donors (Lipinski definition) is 2. The standard InChI is InChI=1S/C17H13ClN2S/c18-15-10-13(17(19)20)6-8-16(15)21-14-7-5-11-3-1-2-4-12(11)9-14/h1-10H,(H3,19,20). The first kappa shape index (κ1) is 14.0. The molecule has 0 fully saturated rings. The van der Waals surface area contributed by atoms with Crippen molar-refractivity contribution >= 4 is 40.0 Å². The van der Waals surface area contributed by atoms with Crippen molar-refractivity contribution in [2.45, 2.75) is 9.79 Å². The number of amidine groups is 1. The van der Waals surface area contributed by atoms with Crippen molar-refractivity contribution in [1.29, 1.82) is 5.41 Å². The number of hydrogen-bond acceptors (Lipinski definition) is 2. The van der Waals surface area contributed by atoms with Gasteiger partial charge >= 0.3 is 0 Å². The second kappa shape index (κ2) is 5.80. The van der Waals surface area contributed by atoms with E-state index in [9.17, 15) is 0 Å². The van der Waals surface area contributed by atoms with E-state index in [1.54, 1.807) is 17.8 Å². The van der Waals surface area contributed by atoms with E-state index in [-0.39, 0.29) is 5.84 Å². The molecule has 0 amide bonds. The summed E-state index contributed by atoms with van der Waals surface area (Å²) in [6.07, 6.45) is 0. The van der Waals surface area contributed by atoms with Crippen molar-refractivity contribution in [1.82, 2.24) is 0 Å². The van der Waals surface area contributed by atoms with Crippen LogP contribution in [0, 0.1) is 5.41 Å². The highest BCUT2D eigenvalue weighted by Gasteiger charge is 2.06. The van der Waals surface area contributed by atoms with E-state index in [0.717, 1.165) is 9.79 Å². The van der Waals surface area contributed by atoms with Gasteiger partial charge in [-0.1, -0.05) is 59.8 Å². The Hall–Kier alpha value is -1.97. The topological polar surface area (TPSA) is 49.9 Å². The summed E-state index contributed by atoms with van der Waals surface area (Å²) in [7, 11) is 0. The Morgan fingerprint density at radius 3 is 2.43 bits per heavy atom. The minimum absolute atomic E-state index is 0.0270. The van der Waals surface area contributed by atoms with E-state index in [4.69, 9.17) is 22.7 Å². The van der Waals surface area contributed by atoms with Crippen molar-refractivity contribution in [3.8, 4) is 0 Å². The molecule has 0 bridgehead atoms. The van der Waals surface area contributed by atoms with Crippen LogP contribution >= 0.6 is 23.4 Å². The molecule has 3 aromatic carbocycles. The Balaban J connectivity index is 1.93. The number of halogens is 1. The van der Waals surface area contributed by atoms with Gasteiger partial charge in [0.1, 0.15) is 5.84 Å². The highest BCUT2D eigenvalue weighted by atomic mass is 35.5. The molecule has 21 heavy (non-hydrogen) atoms. The fourth-order valence-corrected chi connectivity index (χ4v) is 3.27. The molecule has 2 nitrogen and oxygen atoms in total. The molecule has 0 saturated heterocycles. The van der Waals surface area contributed by atoms with E-state index in [1.807, 2.05) is 24.3 Å². The number of benzene rings is 3. The first-order valence-electron chi connectivity index (χ1n) is 6.44. The van der Waals surface area contributed by atoms with Gasteiger partial charge < -0.3 is 5.73 Å². The zero-order valence-corrected chi connectivity index (χ0v) is 12.7. The Bertz CT molecular complexity index is 830. The van der Waals surface area contributed by atoms with Crippen molar-refractivity contribution in [3.63, 3.8) is 0 Å². The first-order chi connectivity index (χ1) is 10.1. The number of nitrogens with one attached hydrogen (secondary N) is 1. The smallest absolute Gasteiger partial charge is 0.122 e. The monoisotopic (exact) mass is 312 g/mol. The predicted octanol–water partition coefficient (Wildman–Crippen LogP) is 4.93. The molecule has 0 saturated carbocycles. The largest absolute Gasteiger partial charge is 0.384 e. The average Bonchev–Trinajstić information content (AvgIpc) is 2.49. The molecule has 3 N–H and O–H groups in total. The van der Waals surface area contributed by atoms with Crippen molar-refractivity contribution in [2.24, 2.45) is 5.73 Å². The van der Waals surface area contributed by atoms with Gasteiger partial charge in [-0.2, -0.15) is 0 Å². The van der Waals surface area contributed by atoms with E-state index < -0.39 is 0 Å². The number of nitrogens with two attached hydrogens (primary N) is 1. The lowest BCUT2D eigenvalue weighted by Gasteiger charge is -2.07. The Labute approximate surface area is 132 Å². The summed E-state index contributed by atoms with van der Waals surface area (Å²) in [5, 5.41) is 10.5. The second-order valence-corrected chi connectivity index (χ2v) is 6.19. The van der Waals surface area contributed by atoms with Crippen LogP contribution in [-0.4, -0.2) is 5.84 Å².